The third-order valence-electron chi connectivity index (χ3n) is 3.59. The summed E-state index contributed by atoms with van der Waals surface area (Å²) in [6, 6.07) is 0.102. The molecule has 1 fully saturated rings. The summed E-state index contributed by atoms with van der Waals surface area (Å²) >= 11 is 0. The van der Waals surface area contributed by atoms with Crippen molar-refractivity contribution in [3.8, 4) is 0 Å². The maximum Gasteiger partial charge on any atom is 0.330 e. The normalized spacial score (nSPS) is 22.2. The number of nitrogen functional groups attached to an aromatic ring is 1. The van der Waals surface area contributed by atoms with Crippen LogP contribution < -0.4 is 22.3 Å². The molecule has 21 heavy (non-hydrogen) atoms. The topological polar surface area (TPSA) is 111 Å². The number of anilines is 2. The van der Waals surface area contributed by atoms with Crippen LogP contribution in [0.15, 0.2) is 9.59 Å². The molecule has 0 saturated carbocycles. The fourth-order valence-electron chi connectivity index (χ4n) is 2.47. The van der Waals surface area contributed by atoms with E-state index in [9.17, 15) is 9.59 Å². The van der Waals surface area contributed by atoms with Crippen LogP contribution in [0.3, 0.4) is 0 Å². The Morgan fingerprint density at radius 3 is 2.95 bits per heavy atom. The van der Waals surface area contributed by atoms with Gasteiger partial charge in [-0.05, 0) is 19.8 Å². The van der Waals surface area contributed by atoms with Crippen LogP contribution in [0.4, 0.5) is 11.5 Å². The molecule has 8 nitrogen and oxygen atoms in total. The largest absolute Gasteiger partial charge is 0.383 e. The summed E-state index contributed by atoms with van der Waals surface area (Å²) in [7, 11) is 1.54. The fraction of sp³-hybridized carbons (Fsp3) is 0.692. The standard InChI is InChI=1S/C13H22N4O4/c1-8-7-9(3-5-21-8)15-10-11(14)17(4-6-20-2)13(19)16-12(10)18/h8-9,15H,3-7,14H2,1-2H3,(H,16,18,19). The number of nitrogens with two attached hydrogens (primary N) is 1. The van der Waals surface area contributed by atoms with E-state index >= 15 is 0 Å². The molecule has 1 aliphatic rings. The van der Waals surface area contributed by atoms with Gasteiger partial charge in [-0.1, -0.05) is 0 Å². The van der Waals surface area contributed by atoms with E-state index in [1.54, 1.807) is 0 Å². The third kappa shape index (κ3) is 3.64. The van der Waals surface area contributed by atoms with E-state index in [0.29, 0.717) is 13.2 Å². The Hall–Kier alpha value is -1.80. The number of ether oxygens (including phenoxy) is 2. The number of rotatable bonds is 5. The number of nitrogens with one attached hydrogen (secondary N) is 2. The van der Waals surface area contributed by atoms with Crippen LogP contribution in [0.2, 0.25) is 0 Å². The Bertz CT molecular complexity index is 595. The zero-order valence-corrected chi connectivity index (χ0v) is 12.3. The first kappa shape index (κ1) is 15.6. The molecule has 1 aliphatic heterocycles. The van der Waals surface area contributed by atoms with Crippen LogP contribution in [-0.2, 0) is 16.0 Å². The second-order valence-electron chi connectivity index (χ2n) is 5.21. The monoisotopic (exact) mass is 298 g/mol. The van der Waals surface area contributed by atoms with E-state index in [4.69, 9.17) is 15.2 Å². The predicted octanol–water partition coefficient (Wildman–Crippen LogP) is -0.255. The second-order valence-corrected chi connectivity index (χ2v) is 5.21. The first-order valence-electron chi connectivity index (χ1n) is 7.02. The fourth-order valence-corrected chi connectivity index (χ4v) is 2.47. The maximum atomic E-state index is 12.0. The third-order valence-corrected chi connectivity index (χ3v) is 3.59. The molecule has 0 aromatic carbocycles. The summed E-state index contributed by atoms with van der Waals surface area (Å²) in [6.07, 6.45) is 1.71. The molecular weight excluding hydrogens is 276 g/mol. The summed E-state index contributed by atoms with van der Waals surface area (Å²) < 4.78 is 11.7. The lowest BCUT2D eigenvalue weighted by Gasteiger charge is -2.29. The Morgan fingerprint density at radius 1 is 1.52 bits per heavy atom. The van der Waals surface area contributed by atoms with E-state index in [0.717, 1.165) is 12.8 Å². The van der Waals surface area contributed by atoms with Gasteiger partial charge >= 0.3 is 5.69 Å². The molecular formula is C13H22N4O4. The van der Waals surface area contributed by atoms with Crippen molar-refractivity contribution in [2.45, 2.75) is 38.5 Å². The number of hydrogen-bond acceptors (Lipinski definition) is 6. The van der Waals surface area contributed by atoms with Gasteiger partial charge in [0.1, 0.15) is 11.5 Å². The number of aromatic amines is 1. The average molecular weight is 298 g/mol. The molecule has 1 aromatic heterocycles. The van der Waals surface area contributed by atoms with Crippen molar-refractivity contribution in [3.63, 3.8) is 0 Å². The van der Waals surface area contributed by atoms with E-state index < -0.39 is 11.2 Å². The number of nitrogens with zero attached hydrogens (tertiary/aromatic N) is 1. The molecule has 1 saturated heterocycles. The minimum absolute atomic E-state index is 0.102. The quantitative estimate of drug-likeness (QED) is 0.691. The smallest absolute Gasteiger partial charge is 0.330 e. The molecule has 0 amide bonds. The van der Waals surface area contributed by atoms with Crippen molar-refractivity contribution in [2.75, 3.05) is 31.4 Å². The lowest BCUT2D eigenvalue weighted by atomic mass is 10.0. The van der Waals surface area contributed by atoms with Crippen molar-refractivity contribution in [1.29, 1.82) is 0 Å². The van der Waals surface area contributed by atoms with E-state index in [-0.39, 0.29) is 30.2 Å². The van der Waals surface area contributed by atoms with Gasteiger partial charge in [0.05, 0.1) is 19.3 Å². The summed E-state index contributed by atoms with van der Waals surface area (Å²) in [5.41, 5.74) is 5.19. The molecule has 8 heteroatoms. The van der Waals surface area contributed by atoms with Crippen LogP contribution >= 0.6 is 0 Å². The van der Waals surface area contributed by atoms with Crippen LogP contribution in [0.25, 0.3) is 0 Å². The Balaban J connectivity index is 2.26. The van der Waals surface area contributed by atoms with Crippen LogP contribution in [0.1, 0.15) is 19.8 Å². The highest BCUT2D eigenvalue weighted by Crippen LogP contribution is 2.19. The highest BCUT2D eigenvalue weighted by Gasteiger charge is 2.22. The molecule has 0 radical (unpaired) electrons. The minimum atomic E-state index is -0.527. The van der Waals surface area contributed by atoms with Gasteiger partial charge in [0.25, 0.3) is 5.56 Å². The van der Waals surface area contributed by atoms with Gasteiger partial charge in [-0.15, -0.1) is 0 Å². The first-order chi connectivity index (χ1) is 10.0. The number of H-pyrrole nitrogens is 1. The summed E-state index contributed by atoms with van der Waals surface area (Å²) in [5.74, 6) is 0.139. The number of aromatic nitrogens is 2. The zero-order chi connectivity index (χ0) is 15.4. The molecule has 2 unspecified atom stereocenters. The van der Waals surface area contributed by atoms with Crippen molar-refractivity contribution in [3.05, 3.63) is 20.8 Å². The highest BCUT2D eigenvalue weighted by molar-refractivity contribution is 5.60. The molecule has 0 aliphatic carbocycles. The summed E-state index contributed by atoms with van der Waals surface area (Å²) in [6.45, 7) is 3.25. The van der Waals surface area contributed by atoms with Gasteiger partial charge < -0.3 is 20.5 Å². The van der Waals surface area contributed by atoms with E-state index in [1.165, 1.54) is 11.7 Å². The van der Waals surface area contributed by atoms with Crippen molar-refractivity contribution >= 4 is 11.5 Å². The van der Waals surface area contributed by atoms with Gasteiger partial charge in [0, 0.05) is 19.8 Å². The van der Waals surface area contributed by atoms with Gasteiger partial charge in [-0.25, -0.2) is 4.79 Å². The van der Waals surface area contributed by atoms with Crippen LogP contribution in [0, 0.1) is 0 Å². The van der Waals surface area contributed by atoms with Gasteiger partial charge in [0.15, 0.2) is 0 Å². The molecule has 2 rings (SSSR count). The first-order valence-corrected chi connectivity index (χ1v) is 7.02. The summed E-state index contributed by atoms with van der Waals surface area (Å²) in [4.78, 5) is 26.0. The van der Waals surface area contributed by atoms with E-state index in [1.807, 2.05) is 6.92 Å². The molecule has 118 valence electrons. The van der Waals surface area contributed by atoms with Crippen LogP contribution in [0.5, 0.6) is 0 Å². The highest BCUT2D eigenvalue weighted by atomic mass is 16.5. The van der Waals surface area contributed by atoms with Gasteiger partial charge in [-0.2, -0.15) is 0 Å². The zero-order valence-electron chi connectivity index (χ0n) is 12.3. The Morgan fingerprint density at radius 2 is 2.29 bits per heavy atom. The summed E-state index contributed by atoms with van der Waals surface area (Å²) in [5, 5.41) is 3.14. The van der Waals surface area contributed by atoms with Gasteiger partial charge in [0.2, 0.25) is 0 Å². The van der Waals surface area contributed by atoms with Gasteiger partial charge in [-0.3, -0.25) is 14.3 Å². The molecule has 2 heterocycles. The maximum absolute atomic E-state index is 12.0. The van der Waals surface area contributed by atoms with Crippen molar-refractivity contribution in [2.24, 2.45) is 0 Å². The van der Waals surface area contributed by atoms with Crippen LogP contribution in [-0.4, -0.2) is 42.0 Å². The Labute approximate surface area is 122 Å². The SMILES string of the molecule is COCCn1c(N)c(NC2CCOC(C)C2)c(=O)[nH]c1=O. The Kier molecular flexibility index (Phi) is 5.03. The second kappa shape index (κ2) is 6.77. The molecule has 0 spiro atoms. The predicted molar refractivity (Wildman–Crippen MR) is 79.7 cm³/mol. The molecule has 4 N–H and O–H groups in total. The lowest BCUT2D eigenvalue weighted by Crippen LogP contribution is -2.39. The molecule has 1 aromatic rings. The average Bonchev–Trinajstić information content (AvgIpc) is 2.43. The van der Waals surface area contributed by atoms with E-state index in [2.05, 4.69) is 10.3 Å². The number of hydrogen-bond donors (Lipinski definition) is 3. The molecule has 2 atom stereocenters. The number of methoxy groups -OCH3 is 1. The van der Waals surface area contributed by atoms with Crippen molar-refractivity contribution < 1.29 is 9.47 Å². The van der Waals surface area contributed by atoms with Crippen molar-refractivity contribution in [1.82, 2.24) is 9.55 Å². The minimum Gasteiger partial charge on any atom is -0.383 e. The molecule has 0 bridgehead atoms. The lowest BCUT2D eigenvalue weighted by molar-refractivity contribution is 0.0232.